The fourth-order valence-electron chi connectivity index (χ4n) is 13.1. The topological polar surface area (TPSA) is 273 Å². The van der Waals surface area contributed by atoms with Crippen LogP contribution in [0.25, 0.3) is 53.9 Å². The van der Waals surface area contributed by atoms with Gasteiger partial charge in [-0.25, -0.2) is 28.4 Å². The number of hydrogen-bond acceptors (Lipinski definition) is 17. The molecule has 15 aromatic rings. The SMILES string of the molecule is Cc1ccc(CC(=O)Cc2nn(C)c(=O)c3ccccc23)c(Cl)c1.Cc1ccc(CC(=O)Cc2nn(C)c(=O)c3ccccc23)cc1.Cc1ccc(CC(=O)Cc2nn(C)c(=O)c3ccccc23)cc1.Cc1ccc(CC(=O)Cc2nn(C)c(=O)c3ccccc23)cc1Cl.Cn1nc(CC(=O)Cc2nccs2)c2ccccc2c1=O. The number of aryl methyl sites for hydroxylation is 9. The lowest BCUT2D eigenvalue weighted by Crippen LogP contribution is -2.22. The van der Waals surface area contributed by atoms with E-state index < -0.39 is 0 Å². The van der Waals surface area contributed by atoms with Crippen molar-refractivity contribution >= 4 is 117 Å². The average molecular weight is 1590 g/mol. The lowest BCUT2D eigenvalue weighted by molar-refractivity contribution is -0.118. The summed E-state index contributed by atoms with van der Waals surface area (Å²) in [6.07, 6.45) is 4.27. The summed E-state index contributed by atoms with van der Waals surface area (Å²) in [6, 6.07) is 63.5. The summed E-state index contributed by atoms with van der Waals surface area (Å²) in [5.74, 6) is 0.264. The smallest absolute Gasteiger partial charge is 0.274 e. The van der Waals surface area contributed by atoms with E-state index in [0.717, 1.165) is 65.3 Å². The number of hydrogen-bond donors (Lipinski definition) is 0. The van der Waals surface area contributed by atoms with Gasteiger partial charge in [-0.3, -0.25) is 47.9 Å². The quantitative estimate of drug-likeness (QED) is 0.0686. The molecule has 0 saturated carbocycles. The number of benzene rings is 9. The Bertz CT molecular complexity index is 6360. The van der Waals surface area contributed by atoms with Gasteiger partial charge >= 0.3 is 0 Å². The first-order valence-corrected chi connectivity index (χ1v) is 38.6. The molecule has 0 saturated heterocycles. The van der Waals surface area contributed by atoms with Gasteiger partial charge in [0.25, 0.3) is 27.8 Å². The minimum Gasteiger partial charge on any atom is -0.299 e. The highest BCUT2D eigenvalue weighted by atomic mass is 35.5. The molecular formula is C91H83Cl2N11O10S. The van der Waals surface area contributed by atoms with Crippen molar-refractivity contribution in [2.45, 2.75) is 91.9 Å². The Morgan fingerprint density at radius 3 is 0.878 bits per heavy atom. The van der Waals surface area contributed by atoms with E-state index in [0.29, 0.717) is 91.1 Å². The number of thiazole rings is 1. The Morgan fingerprint density at radius 2 is 0.583 bits per heavy atom. The van der Waals surface area contributed by atoms with E-state index in [1.165, 1.54) is 45.9 Å². The van der Waals surface area contributed by atoms with Crippen LogP contribution in [0.5, 0.6) is 0 Å². The molecule has 0 aliphatic carbocycles. The molecule has 0 N–H and O–H groups in total. The fraction of sp³-hybridized carbons (Fsp3) is 0.209. The zero-order chi connectivity index (χ0) is 82.1. The van der Waals surface area contributed by atoms with Crippen LogP contribution in [0.3, 0.4) is 0 Å². The van der Waals surface area contributed by atoms with Crippen LogP contribution in [0.15, 0.2) is 242 Å². The summed E-state index contributed by atoms with van der Waals surface area (Å²) >= 11 is 13.8. The number of carbonyl (C=O) groups excluding carboxylic acids is 5. The number of carbonyl (C=O) groups is 5. The van der Waals surface area contributed by atoms with Gasteiger partial charge in [-0.1, -0.05) is 198 Å². The molecule has 9 aromatic carbocycles. The van der Waals surface area contributed by atoms with E-state index in [9.17, 15) is 47.9 Å². The minimum atomic E-state index is -0.164. The third kappa shape index (κ3) is 21.5. The number of aromatic nitrogens is 11. The Labute approximate surface area is 675 Å². The van der Waals surface area contributed by atoms with Gasteiger partial charge in [-0.2, -0.15) is 25.5 Å². The number of Topliss-reactive ketones (excluding diaryl/α,β-unsaturated/α-hetero) is 5. The van der Waals surface area contributed by atoms with Crippen molar-refractivity contribution in [3.63, 3.8) is 0 Å². The van der Waals surface area contributed by atoms with E-state index in [2.05, 4.69) is 30.5 Å². The van der Waals surface area contributed by atoms with Crippen LogP contribution in [0, 0.1) is 27.7 Å². The highest BCUT2D eigenvalue weighted by Gasteiger charge is 2.20. The van der Waals surface area contributed by atoms with Crippen LogP contribution in [0.4, 0.5) is 0 Å². The third-order valence-electron chi connectivity index (χ3n) is 19.1. The highest BCUT2D eigenvalue weighted by Crippen LogP contribution is 2.24. The summed E-state index contributed by atoms with van der Waals surface area (Å²) in [6.45, 7) is 7.92. The number of halogens is 2. The summed E-state index contributed by atoms with van der Waals surface area (Å²) < 4.78 is 6.46. The number of ketones is 5. The van der Waals surface area contributed by atoms with Gasteiger partial charge in [0.2, 0.25) is 0 Å². The summed E-state index contributed by atoms with van der Waals surface area (Å²) in [7, 11) is 8.02. The maximum absolute atomic E-state index is 12.5. The van der Waals surface area contributed by atoms with Crippen LogP contribution in [0.2, 0.25) is 10.0 Å². The molecule has 0 fully saturated rings. The lowest BCUT2D eigenvalue weighted by atomic mass is 10.0. The zero-order valence-electron chi connectivity index (χ0n) is 65.0. The molecule has 0 unspecified atom stereocenters. The van der Waals surface area contributed by atoms with Crippen molar-refractivity contribution in [3.8, 4) is 0 Å². The van der Waals surface area contributed by atoms with Crippen LogP contribution in [-0.2, 0) is 123 Å². The van der Waals surface area contributed by atoms with Crippen molar-refractivity contribution < 1.29 is 24.0 Å². The monoisotopic (exact) mass is 1590 g/mol. The predicted octanol–water partition coefficient (Wildman–Crippen LogP) is 13.4. The first-order chi connectivity index (χ1) is 55.1. The maximum atomic E-state index is 12.5. The van der Waals surface area contributed by atoms with Crippen molar-refractivity contribution in [2.75, 3.05) is 0 Å². The predicted molar refractivity (Wildman–Crippen MR) is 454 cm³/mol. The van der Waals surface area contributed by atoms with E-state index in [-0.39, 0.29) is 95.2 Å². The van der Waals surface area contributed by atoms with Gasteiger partial charge in [0.15, 0.2) is 0 Å². The molecule has 21 nitrogen and oxygen atoms in total. The van der Waals surface area contributed by atoms with Gasteiger partial charge in [-0.05, 0) is 104 Å². The second kappa shape index (κ2) is 38.2. The van der Waals surface area contributed by atoms with E-state index in [1.807, 2.05) is 203 Å². The Balaban J connectivity index is 0.000000142. The van der Waals surface area contributed by atoms with Crippen molar-refractivity contribution in [1.82, 2.24) is 53.9 Å². The van der Waals surface area contributed by atoms with Crippen LogP contribution < -0.4 is 27.8 Å². The standard InChI is InChI=1S/2C19H17ClN2O2.2C19H18N2O2.C15H13N3O2S/c1-12-7-8-13(10-17(12)20)9-14(23)11-18-15-5-3-4-6-16(15)19(24)22(2)21-18;1-12-7-8-13(17(20)9-12)10-14(23)11-18-15-5-3-4-6-16(15)19(24)22(2)21-18;2*1-13-7-9-14(10-8-13)11-15(22)12-18-16-5-3-4-6-17(16)19(23)21(2)20-18;1-18-15(20)12-5-3-2-4-11(12)13(17-18)8-10(19)9-14-16-6-7-21-14/h3-8,10H,9,11H2,1-2H3;3-9H,10-11H2,1-2H3;2*3-10H,11-12H2,1-2H3;2-7H,8-9H2,1H3. The van der Waals surface area contributed by atoms with Crippen molar-refractivity contribution in [2.24, 2.45) is 35.2 Å². The summed E-state index contributed by atoms with van der Waals surface area (Å²) in [5, 5.41) is 31.9. The Hall–Kier alpha value is -12.8. The molecule has 0 amide bonds. The lowest BCUT2D eigenvalue weighted by Gasteiger charge is -2.08. The molecule has 115 heavy (non-hydrogen) atoms. The molecule has 6 heterocycles. The molecule has 0 aliphatic rings. The molecule has 15 rings (SSSR count). The van der Waals surface area contributed by atoms with Crippen molar-refractivity contribution in [3.05, 3.63) is 358 Å². The third-order valence-corrected chi connectivity index (χ3v) is 20.6. The molecule has 0 aliphatic heterocycles. The van der Waals surface area contributed by atoms with Crippen LogP contribution >= 0.6 is 34.5 Å². The normalized spacial score (nSPS) is 10.9. The maximum Gasteiger partial charge on any atom is 0.274 e. The second-order valence-corrected chi connectivity index (χ2v) is 29.9. The number of nitrogens with zero attached hydrogens (tertiary/aromatic N) is 11. The first kappa shape index (κ1) is 83.2. The highest BCUT2D eigenvalue weighted by molar-refractivity contribution is 7.09. The molecular weight excluding hydrogens is 1510 g/mol. The van der Waals surface area contributed by atoms with Gasteiger partial charge in [-0.15, -0.1) is 11.3 Å². The molecule has 582 valence electrons. The number of fused-ring (bicyclic) bond motifs is 5. The van der Waals surface area contributed by atoms with Gasteiger partial charge in [0, 0.05) is 109 Å². The molecule has 0 atom stereocenters. The summed E-state index contributed by atoms with van der Waals surface area (Å²) in [5.41, 5.74) is 10.5. The van der Waals surface area contributed by atoms with E-state index in [4.69, 9.17) is 23.2 Å². The zero-order valence-corrected chi connectivity index (χ0v) is 67.4. The minimum absolute atomic E-state index is 0.0112. The van der Waals surface area contributed by atoms with E-state index >= 15 is 0 Å². The largest absolute Gasteiger partial charge is 0.299 e. The van der Waals surface area contributed by atoms with Gasteiger partial charge < -0.3 is 0 Å². The van der Waals surface area contributed by atoms with Gasteiger partial charge in [0.1, 0.15) is 28.9 Å². The van der Waals surface area contributed by atoms with Gasteiger partial charge in [0.05, 0.1) is 98.9 Å². The second-order valence-electron chi connectivity index (χ2n) is 28.1. The van der Waals surface area contributed by atoms with Crippen molar-refractivity contribution in [1.29, 1.82) is 0 Å². The van der Waals surface area contributed by atoms with Crippen LogP contribution in [0.1, 0.15) is 78.0 Å². The summed E-state index contributed by atoms with van der Waals surface area (Å²) in [4.78, 5) is 126. The molecule has 0 bridgehead atoms. The van der Waals surface area contributed by atoms with Crippen LogP contribution in [-0.4, -0.2) is 82.8 Å². The Kier molecular flexibility index (Phi) is 27.6. The molecule has 0 radical (unpaired) electrons. The van der Waals surface area contributed by atoms with E-state index in [1.54, 1.807) is 77.8 Å². The fourth-order valence-corrected chi connectivity index (χ4v) is 14.3. The average Bonchev–Trinajstić information content (AvgIpc) is 0.953. The molecule has 0 spiro atoms. The Morgan fingerprint density at radius 1 is 0.304 bits per heavy atom. The molecule has 6 aromatic heterocycles. The first-order valence-electron chi connectivity index (χ1n) is 37.0. The molecule has 24 heteroatoms. The number of rotatable bonds is 20.